The highest BCUT2D eigenvalue weighted by Gasteiger charge is 2.10. The van der Waals surface area contributed by atoms with Crippen molar-refractivity contribution in [3.63, 3.8) is 0 Å². The highest BCUT2D eigenvalue weighted by molar-refractivity contribution is 4.66. The lowest BCUT2D eigenvalue weighted by atomic mass is 10.2. The largest absolute Gasteiger partial charge is 0.304 e. The molecule has 0 aromatic heterocycles. The third-order valence-electron chi connectivity index (χ3n) is 3.29. The van der Waals surface area contributed by atoms with Gasteiger partial charge in [-0.2, -0.15) is 0 Å². The van der Waals surface area contributed by atoms with E-state index in [4.69, 9.17) is 0 Å². The monoisotopic (exact) mass is 198 g/mol. The lowest BCUT2D eigenvalue weighted by Crippen LogP contribution is -2.25. The van der Waals surface area contributed by atoms with Gasteiger partial charge in [0.05, 0.1) is 0 Å². The number of hydrogen-bond donors (Lipinski definition) is 0. The van der Waals surface area contributed by atoms with Gasteiger partial charge in [-0.25, -0.2) is 0 Å². The van der Waals surface area contributed by atoms with E-state index in [-0.39, 0.29) is 0 Å². The number of hydrogen-bond acceptors (Lipinski definition) is 2. The Labute approximate surface area is 89.3 Å². The van der Waals surface area contributed by atoms with Gasteiger partial charge in [0.15, 0.2) is 0 Å². The van der Waals surface area contributed by atoms with Crippen LogP contribution in [-0.4, -0.2) is 49.1 Å². The van der Waals surface area contributed by atoms with E-state index in [1.165, 1.54) is 65.0 Å². The first kappa shape index (κ1) is 12.0. The van der Waals surface area contributed by atoms with Crippen LogP contribution in [0.3, 0.4) is 0 Å². The molecule has 0 aromatic rings. The minimum absolute atomic E-state index is 1.21. The van der Waals surface area contributed by atoms with E-state index in [1.807, 2.05) is 0 Å². The SMILES string of the molecule is CCN(CC)CCCCN1CCCC1. The maximum Gasteiger partial charge on any atom is -0.00183 e. The number of rotatable bonds is 7. The summed E-state index contributed by atoms with van der Waals surface area (Å²) in [5.74, 6) is 0. The van der Waals surface area contributed by atoms with Gasteiger partial charge in [0, 0.05) is 0 Å². The summed E-state index contributed by atoms with van der Waals surface area (Å²) in [7, 11) is 0. The Bertz CT molecular complexity index is 122. The van der Waals surface area contributed by atoms with Gasteiger partial charge >= 0.3 is 0 Å². The number of unbranched alkanes of at least 4 members (excludes halogenated alkanes) is 1. The molecule has 0 aromatic carbocycles. The molecular weight excluding hydrogens is 172 g/mol. The van der Waals surface area contributed by atoms with Crippen LogP contribution >= 0.6 is 0 Å². The predicted molar refractivity (Wildman–Crippen MR) is 62.7 cm³/mol. The molecule has 1 rings (SSSR count). The zero-order chi connectivity index (χ0) is 10.2. The molecule has 0 atom stereocenters. The second kappa shape index (κ2) is 7.24. The second-order valence-corrected chi connectivity index (χ2v) is 4.28. The third-order valence-corrected chi connectivity index (χ3v) is 3.29. The van der Waals surface area contributed by atoms with Crippen molar-refractivity contribution >= 4 is 0 Å². The van der Waals surface area contributed by atoms with E-state index < -0.39 is 0 Å². The molecule has 0 N–H and O–H groups in total. The average molecular weight is 198 g/mol. The Balaban J connectivity index is 1.92. The zero-order valence-corrected chi connectivity index (χ0v) is 9.97. The summed E-state index contributed by atoms with van der Waals surface area (Å²) in [6.45, 7) is 12.3. The highest BCUT2D eigenvalue weighted by atomic mass is 15.1. The third kappa shape index (κ3) is 4.43. The molecular formula is C12H26N2. The van der Waals surface area contributed by atoms with E-state index in [9.17, 15) is 0 Å². The molecule has 0 saturated carbocycles. The number of nitrogens with zero attached hydrogens (tertiary/aromatic N) is 2. The van der Waals surface area contributed by atoms with Crippen LogP contribution in [0.25, 0.3) is 0 Å². The summed E-state index contributed by atoms with van der Waals surface area (Å²) in [5.41, 5.74) is 0. The topological polar surface area (TPSA) is 6.48 Å². The van der Waals surface area contributed by atoms with Crippen LogP contribution in [-0.2, 0) is 0 Å². The van der Waals surface area contributed by atoms with Crippen LogP contribution < -0.4 is 0 Å². The molecule has 1 fully saturated rings. The normalized spacial score (nSPS) is 18.2. The first-order chi connectivity index (χ1) is 6.86. The predicted octanol–water partition coefficient (Wildman–Crippen LogP) is 2.20. The van der Waals surface area contributed by atoms with Crippen LogP contribution in [0, 0.1) is 0 Å². The van der Waals surface area contributed by atoms with Crippen molar-refractivity contribution in [2.24, 2.45) is 0 Å². The Morgan fingerprint density at radius 1 is 1.00 bits per heavy atom. The number of likely N-dealkylation sites (tertiary alicyclic amines) is 1. The Hall–Kier alpha value is -0.0800. The van der Waals surface area contributed by atoms with Crippen LogP contribution in [0.2, 0.25) is 0 Å². The fourth-order valence-corrected chi connectivity index (χ4v) is 2.22. The summed E-state index contributed by atoms with van der Waals surface area (Å²) < 4.78 is 0. The Morgan fingerprint density at radius 3 is 2.21 bits per heavy atom. The van der Waals surface area contributed by atoms with Gasteiger partial charge in [-0.05, 0) is 65.0 Å². The first-order valence-electron chi connectivity index (χ1n) is 6.31. The standard InChI is InChI=1S/C12H26N2/c1-3-13(4-2)9-5-6-10-14-11-7-8-12-14/h3-12H2,1-2H3. The maximum absolute atomic E-state index is 2.61. The van der Waals surface area contributed by atoms with Crippen molar-refractivity contribution < 1.29 is 0 Å². The van der Waals surface area contributed by atoms with E-state index in [0.29, 0.717) is 0 Å². The van der Waals surface area contributed by atoms with Crippen molar-refractivity contribution in [2.75, 3.05) is 39.3 Å². The van der Waals surface area contributed by atoms with Gasteiger partial charge < -0.3 is 9.80 Å². The molecule has 2 heteroatoms. The minimum atomic E-state index is 1.21. The van der Waals surface area contributed by atoms with E-state index in [1.54, 1.807) is 0 Å². The smallest absolute Gasteiger partial charge is 0.00183 e. The Morgan fingerprint density at radius 2 is 1.64 bits per heavy atom. The molecule has 0 unspecified atom stereocenters. The molecule has 0 amide bonds. The van der Waals surface area contributed by atoms with Gasteiger partial charge in [0.1, 0.15) is 0 Å². The summed E-state index contributed by atoms with van der Waals surface area (Å²) >= 11 is 0. The van der Waals surface area contributed by atoms with E-state index in [0.717, 1.165) is 0 Å². The van der Waals surface area contributed by atoms with Gasteiger partial charge in [0.2, 0.25) is 0 Å². The molecule has 0 bridgehead atoms. The molecule has 1 aliphatic heterocycles. The molecule has 14 heavy (non-hydrogen) atoms. The lowest BCUT2D eigenvalue weighted by molar-refractivity contribution is 0.277. The summed E-state index contributed by atoms with van der Waals surface area (Å²) in [6.07, 6.45) is 5.61. The van der Waals surface area contributed by atoms with Crippen molar-refractivity contribution in [1.29, 1.82) is 0 Å². The molecule has 1 heterocycles. The fraction of sp³-hybridized carbons (Fsp3) is 1.00. The molecule has 0 radical (unpaired) electrons. The van der Waals surface area contributed by atoms with Crippen LogP contribution in [0.1, 0.15) is 39.5 Å². The quantitative estimate of drug-likeness (QED) is 0.579. The minimum Gasteiger partial charge on any atom is -0.304 e. The van der Waals surface area contributed by atoms with Gasteiger partial charge in [-0.3, -0.25) is 0 Å². The maximum atomic E-state index is 2.61. The highest BCUT2D eigenvalue weighted by Crippen LogP contribution is 2.08. The van der Waals surface area contributed by atoms with Crippen LogP contribution in [0.5, 0.6) is 0 Å². The molecule has 0 aliphatic carbocycles. The molecule has 0 spiro atoms. The van der Waals surface area contributed by atoms with E-state index >= 15 is 0 Å². The van der Waals surface area contributed by atoms with Crippen molar-refractivity contribution in [3.8, 4) is 0 Å². The molecule has 1 aliphatic rings. The summed E-state index contributed by atoms with van der Waals surface area (Å²) in [4.78, 5) is 5.13. The zero-order valence-electron chi connectivity index (χ0n) is 9.97. The molecule has 2 nitrogen and oxygen atoms in total. The fourth-order valence-electron chi connectivity index (χ4n) is 2.22. The Kier molecular flexibility index (Phi) is 6.20. The van der Waals surface area contributed by atoms with Gasteiger partial charge in [-0.1, -0.05) is 13.8 Å². The van der Waals surface area contributed by atoms with Crippen molar-refractivity contribution in [1.82, 2.24) is 9.80 Å². The van der Waals surface area contributed by atoms with Gasteiger partial charge in [0.25, 0.3) is 0 Å². The first-order valence-corrected chi connectivity index (χ1v) is 6.31. The van der Waals surface area contributed by atoms with E-state index in [2.05, 4.69) is 23.6 Å². The van der Waals surface area contributed by atoms with Crippen LogP contribution in [0.15, 0.2) is 0 Å². The average Bonchev–Trinajstić information content (AvgIpc) is 2.71. The molecule has 84 valence electrons. The van der Waals surface area contributed by atoms with Crippen LogP contribution in [0.4, 0.5) is 0 Å². The second-order valence-electron chi connectivity index (χ2n) is 4.28. The summed E-state index contributed by atoms with van der Waals surface area (Å²) in [5, 5.41) is 0. The van der Waals surface area contributed by atoms with Gasteiger partial charge in [-0.15, -0.1) is 0 Å². The van der Waals surface area contributed by atoms with Crippen molar-refractivity contribution in [3.05, 3.63) is 0 Å². The summed E-state index contributed by atoms with van der Waals surface area (Å²) in [6, 6.07) is 0. The lowest BCUT2D eigenvalue weighted by Gasteiger charge is -2.19. The van der Waals surface area contributed by atoms with Crippen molar-refractivity contribution in [2.45, 2.75) is 39.5 Å². The molecule has 1 saturated heterocycles.